The van der Waals surface area contributed by atoms with Gasteiger partial charge in [-0.2, -0.15) is 0 Å². The van der Waals surface area contributed by atoms with E-state index in [0.29, 0.717) is 5.75 Å². The lowest BCUT2D eigenvalue weighted by Crippen LogP contribution is -2.31. The van der Waals surface area contributed by atoms with Gasteiger partial charge in [0.25, 0.3) is 0 Å². The van der Waals surface area contributed by atoms with Crippen LogP contribution in [0, 0.1) is 6.92 Å². The zero-order valence-corrected chi connectivity index (χ0v) is 11.0. The molecular formula is C13H15NO2S. The summed E-state index contributed by atoms with van der Waals surface area (Å²) in [7, 11) is 0. The van der Waals surface area contributed by atoms with E-state index in [-0.39, 0.29) is 11.5 Å². The third kappa shape index (κ3) is 2.09. The lowest BCUT2D eigenvalue weighted by Gasteiger charge is -2.14. The van der Waals surface area contributed by atoms with Crippen molar-refractivity contribution >= 4 is 22.6 Å². The van der Waals surface area contributed by atoms with E-state index < -0.39 is 5.54 Å². The van der Waals surface area contributed by atoms with E-state index in [0.717, 1.165) is 16.2 Å². The molecule has 90 valence electrons. The van der Waals surface area contributed by atoms with Crippen molar-refractivity contribution in [2.75, 3.05) is 5.75 Å². The molecule has 17 heavy (non-hydrogen) atoms. The number of aliphatic imine (C=N–C) groups is 1. The van der Waals surface area contributed by atoms with Crippen molar-refractivity contribution in [1.29, 1.82) is 0 Å². The molecule has 0 saturated carbocycles. The molecule has 1 aliphatic rings. The van der Waals surface area contributed by atoms with Gasteiger partial charge in [-0.1, -0.05) is 12.1 Å². The summed E-state index contributed by atoms with van der Waals surface area (Å²) in [5.74, 6) is 0.933. The highest BCUT2D eigenvalue weighted by atomic mass is 32.2. The van der Waals surface area contributed by atoms with Gasteiger partial charge in [0.15, 0.2) is 5.78 Å². The lowest BCUT2D eigenvalue weighted by atomic mass is 10.0. The van der Waals surface area contributed by atoms with E-state index in [1.54, 1.807) is 19.1 Å². The van der Waals surface area contributed by atoms with Crippen molar-refractivity contribution in [1.82, 2.24) is 0 Å². The van der Waals surface area contributed by atoms with Crippen LogP contribution in [0.15, 0.2) is 23.2 Å². The Morgan fingerprint density at radius 3 is 2.76 bits per heavy atom. The Labute approximate surface area is 105 Å². The first kappa shape index (κ1) is 12.2. The molecule has 0 saturated heterocycles. The number of phenols is 1. The summed E-state index contributed by atoms with van der Waals surface area (Å²) in [6.45, 7) is 5.33. The van der Waals surface area contributed by atoms with Gasteiger partial charge in [0.2, 0.25) is 0 Å². The molecule has 1 N–H and O–H groups in total. The second-order valence-electron chi connectivity index (χ2n) is 4.50. The number of benzene rings is 1. The number of hydrogen-bond acceptors (Lipinski definition) is 4. The molecule has 4 heteroatoms. The first-order chi connectivity index (χ1) is 7.94. The van der Waals surface area contributed by atoms with Crippen LogP contribution in [0.3, 0.4) is 0 Å². The molecule has 0 radical (unpaired) electrons. The van der Waals surface area contributed by atoms with Crippen molar-refractivity contribution in [2.24, 2.45) is 4.99 Å². The smallest absolute Gasteiger partial charge is 0.157 e. The number of carbonyl (C=O) groups is 1. The van der Waals surface area contributed by atoms with E-state index in [2.05, 4.69) is 4.99 Å². The number of carbonyl (C=O) groups excluding carboxylic acids is 1. The van der Waals surface area contributed by atoms with Gasteiger partial charge in [-0.15, -0.1) is 11.8 Å². The van der Waals surface area contributed by atoms with Crippen LogP contribution < -0.4 is 0 Å². The summed E-state index contributed by atoms with van der Waals surface area (Å²) in [5, 5.41) is 10.6. The second-order valence-corrected chi connectivity index (χ2v) is 5.47. The predicted octanol–water partition coefficient (Wildman–Crippen LogP) is 2.54. The summed E-state index contributed by atoms with van der Waals surface area (Å²) in [6, 6.07) is 5.38. The maximum absolute atomic E-state index is 11.5. The molecule has 0 fully saturated rings. The zero-order valence-electron chi connectivity index (χ0n) is 10.2. The van der Waals surface area contributed by atoms with Crippen molar-refractivity contribution in [3.63, 3.8) is 0 Å². The minimum atomic E-state index is -0.644. The van der Waals surface area contributed by atoms with E-state index in [4.69, 9.17) is 0 Å². The first-order valence-electron chi connectivity index (χ1n) is 5.47. The van der Waals surface area contributed by atoms with Crippen molar-refractivity contribution in [3.8, 4) is 5.75 Å². The summed E-state index contributed by atoms with van der Waals surface area (Å²) < 4.78 is 0. The van der Waals surface area contributed by atoms with Crippen LogP contribution in [0.2, 0.25) is 0 Å². The zero-order chi connectivity index (χ0) is 12.6. The molecule has 1 heterocycles. The summed E-state index contributed by atoms with van der Waals surface area (Å²) in [4.78, 5) is 16.0. The highest BCUT2D eigenvalue weighted by molar-refractivity contribution is 8.14. The largest absolute Gasteiger partial charge is 0.507 e. The normalized spacial score (nSPS) is 23.6. The van der Waals surface area contributed by atoms with Gasteiger partial charge in [0.1, 0.15) is 16.3 Å². The Hall–Kier alpha value is -1.29. The average Bonchev–Trinajstić information content (AvgIpc) is 2.62. The fraction of sp³-hybridized carbons (Fsp3) is 0.385. The first-order valence-corrected chi connectivity index (χ1v) is 6.45. The topological polar surface area (TPSA) is 49.7 Å². The van der Waals surface area contributed by atoms with Crippen LogP contribution in [0.1, 0.15) is 25.0 Å². The minimum Gasteiger partial charge on any atom is -0.507 e. The molecule has 2 rings (SSSR count). The van der Waals surface area contributed by atoms with Gasteiger partial charge < -0.3 is 5.11 Å². The van der Waals surface area contributed by atoms with Crippen LogP contribution in [-0.4, -0.2) is 27.2 Å². The fourth-order valence-electron chi connectivity index (χ4n) is 1.74. The van der Waals surface area contributed by atoms with Gasteiger partial charge in [0, 0.05) is 5.75 Å². The summed E-state index contributed by atoms with van der Waals surface area (Å²) in [5.41, 5.74) is 1.08. The Balaban J connectivity index is 2.47. The number of ketones is 1. The monoisotopic (exact) mass is 249 g/mol. The summed E-state index contributed by atoms with van der Waals surface area (Å²) >= 11 is 1.53. The molecule has 1 aromatic rings. The van der Waals surface area contributed by atoms with Crippen LogP contribution in [0.5, 0.6) is 5.75 Å². The number of rotatable bonds is 2. The lowest BCUT2D eigenvalue weighted by molar-refractivity contribution is -0.120. The standard InChI is InChI=1S/C13H15NO2S/c1-8-5-4-6-10(16)11(8)12-14-13(3,7-17-12)9(2)15/h4-6,16H,7H2,1-3H3/t13-/m1/s1. The Bertz CT molecular complexity index is 490. The number of nitrogens with zero attached hydrogens (tertiary/aromatic N) is 1. The van der Waals surface area contributed by atoms with Crippen molar-refractivity contribution in [2.45, 2.75) is 26.3 Å². The third-order valence-corrected chi connectivity index (χ3v) is 4.34. The minimum absolute atomic E-state index is 0.0630. The molecule has 1 aliphatic heterocycles. The number of thioether (sulfide) groups is 1. The highest BCUT2D eigenvalue weighted by Gasteiger charge is 2.36. The van der Waals surface area contributed by atoms with Crippen LogP contribution in [0.4, 0.5) is 0 Å². The number of aryl methyl sites for hydroxylation is 1. The average molecular weight is 249 g/mol. The third-order valence-electron chi connectivity index (χ3n) is 3.06. The quantitative estimate of drug-likeness (QED) is 0.876. The van der Waals surface area contributed by atoms with Gasteiger partial charge >= 0.3 is 0 Å². The van der Waals surface area contributed by atoms with Gasteiger partial charge in [0.05, 0.1) is 5.56 Å². The Morgan fingerprint density at radius 2 is 2.24 bits per heavy atom. The van der Waals surface area contributed by atoms with E-state index in [9.17, 15) is 9.90 Å². The fourth-order valence-corrected chi connectivity index (χ4v) is 3.10. The molecule has 3 nitrogen and oxygen atoms in total. The van der Waals surface area contributed by atoms with Gasteiger partial charge in [-0.25, -0.2) is 0 Å². The number of phenolic OH excluding ortho intramolecular Hbond substituents is 1. The molecule has 0 aromatic heterocycles. The molecule has 0 bridgehead atoms. The second kappa shape index (κ2) is 4.18. The molecule has 0 spiro atoms. The molecule has 0 unspecified atom stereocenters. The van der Waals surface area contributed by atoms with Gasteiger partial charge in [-0.3, -0.25) is 9.79 Å². The molecule has 0 aliphatic carbocycles. The Morgan fingerprint density at radius 1 is 1.53 bits per heavy atom. The molecule has 1 atom stereocenters. The molecule has 1 aromatic carbocycles. The number of aromatic hydroxyl groups is 1. The van der Waals surface area contributed by atoms with Crippen molar-refractivity contribution < 1.29 is 9.90 Å². The highest BCUT2D eigenvalue weighted by Crippen LogP contribution is 2.35. The Kier molecular flexibility index (Phi) is 3.00. The van der Waals surface area contributed by atoms with E-state index >= 15 is 0 Å². The molecule has 0 amide bonds. The summed E-state index contributed by atoms with van der Waals surface area (Å²) in [6.07, 6.45) is 0. The van der Waals surface area contributed by atoms with Gasteiger partial charge in [-0.05, 0) is 32.4 Å². The van der Waals surface area contributed by atoms with Crippen molar-refractivity contribution in [3.05, 3.63) is 29.3 Å². The maximum atomic E-state index is 11.5. The van der Waals surface area contributed by atoms with E-state index in [1.165, 1.54) is 11.8 Å². The van der Waals surface area contributed by atoms with E-state index in [1.807, 2.05) is 19.9 Å². The number of hydrogen-bond donors (Lipinski definition) is 1. The molecular weight excluding hydrogens is 234 g/mol. The number of Topliss-reactive ketones (excluding diaryl/α,β-unsaturated/α-hetero) is 1. The van der Waals surface area contributed by atoms with Crippen LogP contribution in [-0.2, 0) is 4.79 Å². The maximum Gasteiger partial charge on any atom is 0.157 e. The predicted molar refractivity (Wildman–Crippen MR) is 70.9 cm³/mol. The van der Waals surface area contributed by atoms with Crippen LogP contribution >= 0.6 is 11.8 Å². The van der Waals surface area contributed by atoms with Crippen LogP contribution in [0.25, 0.3) is 0 Å². The SMILES string of the molecule is CC(=O)[C@@]1(C)CSC(c2c(C)cccc2O)=N1.